The standard InChI is InChI=1S/C13H15F3N2O/c1-13(6-17,7-2-3-7)18-12(19)11-9(15)4-8(14)5-10(11)16/h4-5,7H,2-3,6,17H2,1H3,(H,18,19). The van der Waals surface area contributed by atoms with E-state index in [9.17, 15) is 18.0 Å². The topological polar surface area (TPSA) is 55.1 Å². The Balaban J connectivity index is 2.25. The van der Waals surface area contributed by atoms with Crippen LogP contribution in [-0.4, -0.2) is 18.0 Å². The summed E-state index contributed by atoms with van der Waals surface area (Å²) >= 11 is 0. The highest BCUT2D eigenvalue weighted by atomic mass is 19.1. The molecule has 1 aromatic carbocycles. The van der Waals surface area contributed by atoms with Crippen molar-refractivity contribution in [2.24, 2.45) is 11.7 Å². The minimum atomic E-state index is -1.22. The van der Waals surface area contributed by atoms with E-state index in [0.29, 0.717) is 12.1 Å². The van der Waals surface area contributed by atoms with Crippen LogP contribution < -0.4 is 11.1 Å². The lowest BCUT2D eigenvalue weighted by Crippen LogP contribution is -2.53. The van der Waals surface area contributed by atoms with Crippen molar-refractivity contribution in [1.29, 1.82) is 0 Å². The van der Waals surface area contributed by atoms with E-state index in [1.165, 1.54) is 0 Å². The molecule has 1 saturated carbocycles. The molecule has 0 aliphatic heterocycles. The number of carbonyl (C=O) groups is 1. The first-order valence-corrected chi connectivity index (χ1v) is 6.04. The van der Waals surface area contributed by atoms with Gasteiger partial charge in [0.1, 0.15) is 23.0 Å². The van der Waals surface area contributed by atoms with Gasteiger partial charge in [-0.1, -0.05) is 0 Å². The van der Waals surface area contributed by atoms with Crippen LogP contribution in [0.5, 0.6) is 0 Å². The number of nitrogens with one attached hydrogen (secondary N) is 1. The Hall–Kier alpha value is -1.56. The summed E-state index contributed by atoms with van der Waals surface area (Å²) in [4.78, 5) is 11.9. The monoisotopic (exact) mass is 272 g/mol. The number of benzene rings is 1. The zero-order valence-electron chi connectivity index (χ0n) is 10.5. The van der Waals surface area contributed by atoms with Crippen molar-refractivity contribution in [3.8, 4) is 0 Å². The van der Waals surface area contributed by atoms with Gasteiger partial charge >= 0.3 is 0 Å². The Labute approximate surface area is 109 Å². The van der Waals surface area contributed by atoms with Gasteiger partial charge in [-0.2, -0.15) is 0 Å². The molecule has 1 unspecified atom stereocenters. The molecule has 1 aliphatic carbocycles. The summed E-state index contributed by atoms with van der Waals surface area (Å²) in [6, 6.07) is 0.962. The summed E-state index contributed by atoms with van der Waals surface area (Å²) in [7, 11) is 0. The lowest BCUT2D eigenvalue weighted by Gasteiger charge is -2.29. The number of hydrogen-bond acceptors (Lipinski definition) is 2. The SMILES string of the molecule is CC(CN)(NC(=O)c1c(F)cc(F)cc1F)C1CC1. The number of carbonyl (C=O) groups excluding carboxylic acids is 1. The van der Waals surface area contributed by atoms with Gasteiger partial charge in [0.15, 0.2) is 0 Å². The van der Waals surface area contributed by atoms with Gasteiger partial charge in [-0.15, -0.1) is 0 Å². The van der Waals surface area contributed by atoms with Crippen molar-refractivity contribution in [3.63, 3.8) is 0 Å². The van der Waals surface area contributed by atoms with Crippen molar-refractivity contribution >= 4 is 5.91 Å². The molecule has 1 aromatic rings. The van der Waals surface area contributed by atoms with Crippen molar-refractivity contribution in [2.45, 2.75) is 25.3 Å². The van der Waals surface area contributed by atoms with E-state index in [2.05, 4.69) is 5.32 Å². The molecule has 0 saturated heterocycles. The van der Waals surface area contributed by atoms with Crippen LogP contribution in [0.25, 0.3) is 0 Å². The van der Waals surface area contributed by atoms with Crippen molar-refractivity contribution in [1.82, 2.24) is 5.32 Å². The number of halogens is 3. The summed E-state index contributed by atoms with van der Waals surface area (Å²) < 4.78 is 39.8. The summed E-state index contributed by atoms with van der Waals surface area (Å²) in [5, 5.41) is 2.56. The maximum absolute atomic E-state index is 13.5. The smallest absolute Gasteiger partial charge is 0.257 e. The van der Waals surface area contributed by atoms with Crippen LogP contribution in [-0.2, 0) is 0 Å². The van der Waals surface area contributed by atoms with Gasteiger partial charge < -0.3 is 11.1 Å². The summed E-state index contributed by atoms with van der Waals surface area (Å²) in [5.74, 6) is -4.19. The fraction of sp³-hybridized carbons (Fsp3) is 0.462. The first kappa shape index (κ1) is 13.9. The summed E-state index contributed by atoms with van der Waals surface area (Å²) in [5.41, 5.74) is 4.15. The number of amides is 1. The molecule has 1 fully saturated rings. The van der Waals surface area contributed by atoms with Gasteiger partial charge in [0, 0.05) is 18.7 Å². The highest BCUT2D eigenvalue weighted by Gasteiger charge is 2.42. The average molecular weight is 272 g/mol. The third-order valence-corrected chi connectivity index (χ3v) is 3.54. The van der Waals surface area contributed by atoms with Crippen LogP contribution in [0, 0.1) is 23.4 Å². The molecule has 3 nitrogen and oxygen atoms in total. The van der Waals surface area contributed by atoms with E-state index < -0.39 is 34.5 Å². The quantitative estimate of drug-likeness (QED) is 0.880. The summed E-state index contributed by atoms with van der Waals surface area (Å²) in [6.07, 6.45) is 1.84. The Morgan fingerprint density at radius 2 is 1.89 bits per heavy atom. The molecular weight excluding hydrogens is 257 g/mol. The van der Waals surface area contributed by atoms with Crippen LogP contribution in [0.4, 0.5) is 13.2 Å². The largest absolute Gasteiger partial charge is 0.345 e. The maximum Gasteiger partial charge on any atom is 0.257 e. The first-order valence-electron chi connectivity index (χ1n) is 6.04. The Kier molecular flexibility index (Phi) is 3.54. The van der Waals surface area contributed by atoms with Crippen molar-refractivity contribution < 1.29 is 18.0 Å². The van der Waals surface area contributed by atoms with Gasteiger partial charge in [-0.3, -0.25) is 4.79 Å². The third kappa shape index (κ3) is 2.73. The zero-order valence-corrected chi connectivity index (χ0v) is 10.5. The second-order valence-electron chi connectivity index (χ2n) is 5.09. The molecule has 1 atom stereocenters. The second-order valence-corrected chi connectivity index (χ2v) is 5.09. The molecule has 6 heteroatoms. The van der Waals surface area contributed by atoms with Gasteiger partial charge in [0.05, 0.1) is 5.54 Å². The molecule has 2 rings (SSSR count). The molecule has 1 amide bonds. The van der Waals surface area contributed by atoms with E-state index in [0.717, 1.165) is 12.8 Å². The molecule has 0 heterocycles. The Morgan fingerprint density at radius 3 is 2.32 bits per heavy atom. The molecule has 0 spiro atoms. The second kappa shape index (κ2) is 4.85. The lowest BCUT2D eigenvalue weighted by molar-refractivity contribution is 0.0889. The van der Waals surface area contributed by atoms with Crippen LogP contribution in [0.2, 0.25) is 0 Å². The molecule has 19 heavy (non-hydrogen) atoms. The molecule has 0 radical (unpaired) electrons. The average Bonchev–Trinajstić information content (AvgIpc) is 3.11. The summed E-state index contributed by atoms with van der Waals surface area (Å²) in [6.45, 7) is 1.91. The van der Waals surface area contributed by atoms with Crippen LogP contribution in [0.15, 0.2) is 12.1 Å². The van der Waals surface area contributed by atoms with Gasteiger partial charge in [0.25, 0.3) is 5.91 Å². The van der Waals surface area contributed by atoms with Gasteiger partial charge in [-0.05, 0) is 25.7 Å². The zero-order chi connectivity index (χ0) is 14.2. The van der Waals surface area contributed by atoms with Crippen LogP contribution in [0.1, 0.15) is 30.1 Å². The molecule has 104 valence electrons. The van der Waals surface area contributed by atoms with Crippen LogP contribution in [0.3, 0.4) is 0 Å². The first-order chi connectivity index (χ1) is 8.87. The normalized spacial score (nSPS) is 17.9. The molecule has 0 aromatic heterocycles. The van der Waals surface area contributed by atoms with E-state index in [4.69, 9.17) is 5.73 Å². The number of rotatable bonds is 4. The van der Waals surface area contributed by atoms with Gasteiger partial charge in [-0.25, -0.2) is 13.2 Å². The van der Waals surface area contributed by atoms with E-state index >= 15 is 0 Å². The fourth-order valence-electron chi connectivity index (χ4n) is 2.12. The van der Waals surface area contributed by atoms with E-state index in [1.54, 1.807) is 6.92 Å². The predicted molar refractivity (Wildman–Crippen MR) is 64.0 cm³/mol. The minimum absolute atomic E-state index is 0.174. The Morgan fingerprint density at radius 1 is 1.37 bits per heavy atom. The molecular formula is C13H15F3N2O. The van der Waals surface area contributed by atoms with E-state index in [1.807, 2.05) is 0 Å². The van der Waals surface area contributed by atoms with Gasteiger partial charge in [0.2, 0.25) is 0 Å². The highest BCUT2D eigenvalue weighted by molar-refractivity contribution is 5.95. The number of nitrogens with two attached hydrogens (primary N) is 1. The van der Waals surface area contributed by atoms with Crippen molar-refractivity contribution in [3.05, 3.63) is 35.1 Å². The van der Waals surface area contributed by atoms with E-state index in [-0.39, 0.29) is 12.5 Å². The predicted octanol–water partition coefficient (Wildman–Crippen LogP) is 1.96. The fourth-order valence-corrected chi connectivity index (χ4v) is 2.12. The number of hydrogen-bond donors (Lipinski definition) is 2. The maximum atomic E-state index is 13.5. The molecule has 0 bridgehead atoms. The minimum Gasteiger partial charge on any atom is -0.345 e. The van der Waals surface area contributed by atoms with Crippen molar-refractivity contribution in [2.75, 3.05) is 6.54 Å². The third-order valence-electron chi connectivity index (χ3n) is 3.54. The van der Waals surface area contributed by atoms with Crippen LogP contribution >= 0.6 is 0 Å². The Bertz CT molecular complexity index is 494. The molecule has 1 aliphatic rings. The lowest BCUT2D eigenvalue weighted by atomic mass is 9.95. The highest BCUT2D eigenvalue weighted by Crippen LogP contribution is 2.39. The molecule has 3 N–H and O–H groups in total.